The highest BCUT2D eigenvalue weighted by Gasteiger charge is 1.70. The van der Waals surface area contributed by atoms with Gasteiger partial charge in [0, 0.05) is 12.8 Å². The molecule has 0 aromatic heterocycles. The van der Waals surface area contributed by atoms with Crippen molar-refractivity contribution in [3.8, 4) is 11.8 Å². The lowest BCUT2D eigenvalue weighted by atomic mass is 10.4. The lowest BCUT2D eigenvalue weighted by Crippen LogP contribution is -1.52. The smallest absolute Gasteiger partial charge is 0.0344 e. The van der Waals surface area contributed by atoms with Crippen LogP contribution >= 0.6 is 0 Å². The van der Waals surface area contributed by atoms with Gasteiger partial charge in [-0.15, -0.1) is 5.73 Å². The molecule has 34 valence electrons. The van der Waals surface area contributed by atoms with Gasteiger partial charge in [0.1, 0.15) is 0 Å². The SMILES string of the molecule is C1=CCC#CCC=1. The maximum Gasteiger partial charge on any atom is 0.0344 e. The summed E-state index contributed by atoms with van der Waals surface area (Å²) in [6.45, 7) is 0. The minimum Gasteiger partial charge on any atom is -0.128 e. The molecule has 0 heteroatoms. The fraction of sp³-hybridized carbons (Fsp3) is 0.286. The molecule has 0 fully saturated rings. The average molecular weight is 90.1 g/mol. The second-order valence-electron chi connectivity index (χ2n) is 1.34. The zero-order chi connectivity index (χ0) is 4.95. The van der Waals surface area contributed by atoms with Crippen molar-refractivity contribution in [1.82, 2.24) is 0 Å². The molecule has 0 aromatic carbocycles. The molecular weight excluding hydrogens is 84.1 g/mol. The van der Waals surface area contributed by atoms with Crippen LogP contribution in [0.25, 0.3) is 0 Å². The van der Waals surface area contributed by atoms with Crippen LogP contribution in [0.2, 0.25) is 0 Å². The van der Waals surface area contributed by atoms with Gasteiger partial charge in [-0.2, -0.15) is 0 Å². The van der Waals surface area contributed by atoms with E-state index in [4.69, 9.17) is 0 Å². The summed E-state index contributed by atoms with van der Waals surface area (Å²) in [5, 5.41) is 0. The zero-order valence-electron chi connectivity index (χ0n) is 4.07. The number of rotatable bonds is 0. The van der Waals surface area contributed by atoms with Gasteiger partial charge in [-0.25, -0.2) is 0 Å². The normalized spacial score (nSPS) is 14.9. The molecule has 1 aliphatic rings. The van der Waals surface area contributed by atoms with E-state index < -0.39 is 0 Å². The van der Waals surface area contributed by atoms with Gasteiger partial charge >= 0.3 is 0 Å². The Morgan fingerprint density at radius 1 is 1.00 bits per heavy atom. The monoisotopic (exact) mass is 90.0 g/mol. The first kappa shape index (κ1) is 4.24. The highest BCUT2D eigenvalue weighted by Crippen LogP contribution is 1.85. The van der Waals surface area contributed by atoms with Crippen molar-refractivity contribution < 1.29 is 0 Å². The molecule has 0 spiro atoms. The predicted molar refractivity (Wildman–Crippen MR) is 29.7 cm³/mol. The lowest BCUT2D eigenvalue weighted by Gasteiger charge is -1.63. The molecule has 7 heavy (non-hydrogen) atoms. The minimum atomic E-state index is 0.872. The van der Waals surface area contributed by atoms with E-state index in [9.17, 15) is 0 Å². The van der Waals surface area contributed by atoms with Crippen LogP contribution < -0.4 is 0 Å². The zero-order valence-corrected chi connectivity index (χ0v) is 4.07. The van der Waals surface area contributed by atoms with Gasteiger partial charge in [0.05, 0.1) is 0 Å². The minimum absolute atomic E-state index is 0.872. The molecule has 0 N–H and O–H groups in total. The van der Waals surface area contributed by atoms with Crippen LogP contribution in [-0.2, 0) is 0 Å². The van der Waals surface area contributed by atoms with Gasteiger partial charge in [0.25, 0.3) is 0 Å². The van der Waals surface area contributed by atoms with E-state index >= 15 is 0 Å². The van der Waals surface area contributed by atoms with Crippen molar-refractivity contribution in [1.29, 1.82) is 0 Å². The van der Waals surface area contributed by atoms with Crippen LogP contribution in [0.15, 0.2) is 17.9 Å². The predicted octanol–water partition coefficient (Wildman–Crippen LogP) is 1.49. The van der Waals surface area contributed by atoms with Crippen molar-refractivity contribution in [2.75, 3.05) is 0 Å². The van der Waals surface area contributed by atoms with Crippen molar-refractivity contribution in [3.63, 3.8) is 0 Å². The Morgan fingerprint density at radius 2 is 1.57 bits per heavy atom. The Morgan fingerprint density at radius 3 is 2.14 bits per heavy atom. The highest BCUT2D eigenvalue weighted by molar-refractivity contribution is 5.11. The number of allylic oxidation sites excluding steroid dienone is 1. The topological polar surface area (TPSA) is 0 Å². The first-order valence-corrected chi connectivity index (χ1v) is 2.35. The summed E-state index contributed by atoms with van der Waals surface area (Å²) in [5.74, 6) is 5.90. The maximum absolute atomic E-state index is 2.97. The fourth-order valence-corrected chi connectivity index (χ4v) is 0.448. The van der Waals surface area contributed by atoms with E-state index in [1.165, 1.54) is 0 Å². The van der Waals surface area contributed by atoms with E-state index in [1.807, 2.05) is 12.2 Å². The first-order valence-electron chi connectivity index (χ1n) is 2.35. The number of hydrogen-bond acceptors (Lipinski definition) is 0. The quantitative estimate of drug-likeness (QED) is 0.312. The van der Waals surface area contributed by atoms with Gasteiger partial charge in [-0.1, -0.05) is 11.8 Å². The van der Waals surface area contributed by atoms with Crippen molar-refractivity contribution in [3.05, 3.63) is 17.9 Å². The highest BCUT2D eigenvalue weighted by atomic mass is 13.7. The summed E-state index contributed by atoms with van der Waals surface area (Å²) in [4.78, 5) is 0. The standard InChI is InChI=1S/C7H6/c1-2-4-6-7-5-3-1/h1,5H,2,7H2. The first-order chi connectivity index (χ1) is 3.50. The van der Waals surface area contributed by atoms with Crippen LogP contribution in [0.1, 0.15) is 12.8 Å². The van der Waals surface area contributed by atoms with Crippen LogP contribution in [0.3, 0.4) is 0 Å². The van der Waals surface area contributed by atoms with Crippen molar-refractivity contribution in [2.24, 2.45) is 0 Å². The molecule has 0 saturated heterocycles. The van der Waals surface area contributed by atoms with Crippen LogP contribution in [0.5, 0.6) is 0 Å². The fourth-order valence-electron chi connectivity index (χ4n) is 0.448. The summed E-state index contributed by atoms with van der Waals surface area (Å²) in [6.07, 6.45) is 5.63. The van der Waals surface area contributed by atoms with Crippen LogP contribution in [0.4, 0.5) is 0 Å². The van der Waals surface area contributed by atoms with E-state index in [0.717, 1.165) is 12.8 Å². The molecule has 0 saturated carbocycles. The van der Waals surface area contributed by atoms with Crippen molar-refractivity contribution in [2.45, 2.75) is 12.8 Å². The van der Waals surface area contributed by atoms with Crippen LogP contribution in [0, 0.1) is 11.8 Å². The van der Waals surface area contributed by atoms with Crippen molar-refractivity contribution >= 4 is 0 Å². The Bertz CT molecular complexity index is 144. The molecule has 0 aliphatic heterocycles. The molecule has 0 radical (unpaired) electrons. The Hall–Kier alpha value is -0.920. The summed E-state index contributed by atoms with van der Waals surface area (Å²) in [5.41, 5.74) is 2.97. The van der Waals surface area contributed by atoms with E-state index in [-0.39, 0.29) is 0 Å². The number of hydrogen-bond donors (Lipinski definition) is 0. The molecule has 0 aromatic rings. The molecule has 0 unspecified atom stereocenters. The van der Waals surface area contributed by atoms with Gasteiger partial charge < -0.3 is 0 Å². The Balaban J connectivity index is 2.68. The molecule has 0 amide bonds. The molecule has 1 rings (SSSR count). The largest absolute Gasteiger partial charge is 0.128 e. The maximum atomic E-state index is 2.97. The molecule has 0 atom stereocenters. The Labute approximate surface area is 43.5 Å². The molecule has 0 bridgehead atoms. The average Bonchev–Trinajstić information content (AvgIpc) is 1.90. The third-order valence-electron chi connectivity index (χ3n) is 0.769. The Kier molecular flexibility index (Phi) is 1.39. The summed E-state index contributed by atoms with van der Waals surface area (Å²) >= 11 is 0. The van der Waals surface area contributed by atoms with E-state index in [2.05, 4.69) is 17.6 Å². The molecular formula is C7H6. The van der Waals surface area contributed by atoms with E-state index in [0.29, 0.717) is 0 Å². The van der Waals surface area contributed by atoms with Gasteiger partial charge in [0.2, 0.25) is 0 Å². The lowest BCUT2D eigenvalue weighted by molar-refractivity contribution is 1.47. The molecule has 1 aliphatic carbocycles. The molecule has 0 nitrogen and oxygen atoms in total. The second kappa shape index (κ2) is 2.29. The van der Waals surface area contributed by atoms with Gasteiger partial charge in [-0.3, -0.25) is 0 Å². The third-order valence-corrected chi connectivity index (χ3v) is 0.769. The summed E-state index contributed by atoms with van der Waals surface area (Å²) in [6, 6.07) is 0. The van der Waals surface area contributed by atoms with Gasteiger partial charge in [-0.05, 0) is 12.2 Å². The third kappa shape index (κ3) is 1.30. The van der Waals surface area contributed by atoms with E-state index in [1.54, 1.807) is 0 Å². The van der Waals surface area contributed by atoms with Gasteiger partial charge in [0.15, 0.2) is 0 Å². The molecule has 0 heterocycles. The van der Waals surface area contributed by atoms with Crippen LogP contribution in [-0.4, -0.2) is 0 Å². The summed E-state index contributed by atoms with van der Waals surface area (Å²) < 4.78 is 0. The second-order valence-corrected chi connectivity index (χ2v) is 1.34. The summed E-state index contributed by atoms with van der Waals surface area (Å²) in [7, 11) is 0.